The van der Waals surface area contributed by atoms with E-state index in [1.807, 2.05) is 28.6 Å². The molecule has 1 aliphatic heterocycles. The van der Waals surface area contributed by atoms with Gasteiger partial charge in [0.15, 0.2) is 5.65 Å². The van der Waals surface area contributed by atoms with E-state index in [4.69, 9.17) is 4.98 Å². The van der Waals surface area contributed by atoms with Gasteiger partial charge >= 0.3 is 5.69 Å². The van der Waals surface area contributed by atoms with Crippen molar-refractivity contribution in [2.45, 2.75) is 46.1 Å². The number of aryl methyl sites for hydroxylation is 1. The van der Waals surface area contributed by atoms with Gasteiger partial charge in [-0.1, -0.05) is 20.8 Å². The van der Waals surface area contributed by atoms with Crippen LogP contribution in [0.5, 0.6) is 0 Å². The van der Waals surface area contributed by atoms with Crippen LogP contribution in [0.2, 0.25) is 0 Å². The maximum Gasteiger partial charge on any atom is 0.330 e. The lowest BCUT2D eigenvalue weighted by Crippen LogP contribution is -2.29. The zero-order valence-electron chi connectivity index (χ0n) is 19.3. The fourth-order valence-electron chi connectivity index (χ4n) is 5.52. The highest BCUT2D eigenvalue weighted by molar-refractivity contribution is 5.94. The highest BCUT2D eigenvalue weighted by Crippen LogP contribution is 2.46. The van der Waals surface area contributed by atoms with Crippen molar-refractivity contribution in [3.05, 3.63) is 58.4 Å². The van der Waals surface area contributed by atoms with Crippen molar-refractivity contribution in [2.24, 2.45) is 24.3 Å². The molecule has 0 bridgehead atoms. The summed E-state index contributed by atoms with van der Waals surface area (Å²) in [6.45, 7) is 8.69. The van der Waals surface area contributed by atoms with Crippen LogP contribution in [0.1, 0.15) is 55.6 Å². The molecule has 4 heterocycles. The molecule has 168 valence electrons. The minimum Gasteiger partial charge on any atom is -0.338 e. The van der Waals surface area contributed by atoms with Crippen molar-refractivity contribution in [1.29, 1.82) is 0 Å². The summed E-state index contributed by atoms with van der Waals surface area (Å²) in [6, 6.07) is 7.81. The van der Waals surface area contributed by atoms with Crippen molar-refractivity contribution < 1.29 is 4.79 Å². The minimum absolute atomic E-state index is 0.00702. The third kappa shape index (κ3) is 3.63. The van der Waals surface area contributed by atoms with Crippen molar-refractivity contribution in [1.82, 2.24) is 24.0 Å². The van der Waals surface area contributed by atoms with Gasteiger partial charge in [-0.15, -0.1) is 0 Å². The monoisotopic (exact) mass is 433 g/mol. The fourth-order valence-corrected chi connectivity index (χ4v) is 5.52. The summed E-state index contributed by atoms with van der Waals surface area (Å²) in [5.74, 6) is 1.48. The Morgan fingerprint density at radius 1 is 1.12 bits per heavy atom. The number of carbonyl (C=O) groups is 1. The first-order valence-electron chi connectivity index (χ1n) is 11.5. The van der Waals surface area contributed by atoms with Crippen LogP contribution < -0.4 is 5.69 Å². The van der Waals surface area contributed by atoms with Crippen LogP contribution >= 0.6 is 0 Å². The number of hydrogen-bond donors (Lipinski definition) is 0. The van der Waals surface area contributed by atoms with Gasteiger partial charge < -0.3 is 4.90 Å². The largest absolute Gasteiger partial charge is 0.338 e. The van der Waals surface area contributed by atoms with Gasteiger partial charge in [0.25, 0.3) is 5.91 Å². The molecule has 0 aromatic carbocycles. The Kier molecular flexibility index (Phi) is 4.95. The molecular formula is C25H31N5O2. The van der Waals surface area contributed by atoms with Gasteiger partial charge in [0.05, 0.1) is 11.1 Å². The second kappa shape index (κ2) is 7.57. The van der Waals surface area contributed by atoms with E-state index in [0.29, 0.717) is 29.9 Å². The molecule has 1 amide bonds. The molecule has 0 N–H and O–H groups in total. The zero-order chi connectivity index (χ0) is 22.6. The smallest absolute Gasteiger partial charge is 0.330 e. The van der Waals surface area contributed by atoms with Crippen LogP contribution in [0.4, 0.5) is 0 Å². The quantitative estimate of drug-likeness (QED) is 0.634. The number of imidazole rings is 1. The van der Waals surface area contributed by atoms with E-state index in [1.165, 1.54) is 0 Å². The van der Waals surface area contributed by atoms with Crippen molar-refractivity contribution >= 4 is 17.1 Å². The molecule has 7 nitrogen and oxygen atoms in total. The number of likely N-dealkylation sites (tertiary alicyclic amines) is 1. The Morgan fingerprint density at radius 3 is 2.47 bits per heavy atom. The topological polar surface area (TPSA) is 73.0 Å². The molecule has 5 rings (SSSR count). The Bertz CT molecular complexity index is 1210. The lowest BCUT2D eigenvalue weighted by molar-refractivity contribution is 0.0779. The number of nitrogens with zero attached hydrogens (tertiary/aromatic N) is 5. The highest BCUT2D eigenvalue weighted by Gasteiger charge is 2.43. The van der Waals surface area contributed by atoms with Crippen LogP contribution in [0.3, 0.4) is 0 Å². The minimum atomic E-state index is -0.00702. The number of fused-ring (bicyclic) bond motifs is 2. The fraction of sp³-hybridized carbons (Fsp3) is 0.520. The number of carbonyl (C=O) groups excluding carboxylic acids is 1. The third-order valence-electron chi connectivity index (χ3n) is 7.00. The van der Waals surface area contributed by atoms with Gasteiger partial charge in [0, 0.05) is 50.7 Å². The molecule has 32 heavy (non-hydrogen) atoms. The van der Waals surface area contributed by atoms with Crippen LogP contribution in [-0.4, -0.2) is 43.0 Å². The summed E-state index contributed by atoms with van der Waals surface area (Å²) in [6.07, 6.45) is 5.42. The Labute approximate surface area is 188 Å². The van der Waals surface area contributed by atoms with E-state index in [0.717, 1.165) is 42.8 Å². The average Bonchev–Trinajstić information content (AvgIpc) is 3.40. The van der Waals surface area contributed by atoms with Gasteiger partial charge in [-0.3, -0.25) is 18.9 Å². The van der Waals surface area contributed by atoms with Gasteiger partial charge in [0.1, 0.15) is 0 Å². The van der Waals surface area contributed by atoms with Crippen molar-refractivity contribution in [2.75, 3.05) is 13.1 Å². The molecule has 1 saturated heterocycles. The van der Waals surface area contributed by atoms with Crippen LogP contribution in [0, 0.1) is 17.3 Å². The highest BCUT2D eigenvalue weighted by atomic mass is 16.2. The predicted molar refractivity (Wildman–Crippen MR) is 124 cm³/mol. The lowest BCUT2D eigenvalue weighted by atomic mass is 9.97. The Hall–Kier alpha value is -2.96. The predicted octanol–water partition coefficient (Wildman–Crippen LogP) is 3.44. The summed E-state index contributed by atoms with van der Waals surface area (Å²) in [7, 11) is 1.81. The van der Waals surface area contributed by atoms with E-state index in [2.05, 4.69) is 37.9 Å². The van der Waals surface area contributed by atoms with Gasteiger partial charge in [0.2, 0.25) is 0 Å². The first-order chi connectivity index (χ1) is 15.2. The molecule has 0 radical (unpaired) electrons. The molecule has 2 fully saturated rings. The van der Waals surface area contributed by atoms with Gasteiger partial charge in [-0.2, -0.15) is 0 Å². The Morgan fingerprint density at radius 2 is 1.84 bits per heavy atom. The molecule has 2 aliphatic rings. The molecule has 3 aromatic heterocycles. The van der Waals surface area contributed by atoms with Gasteiger partial charge in [-0.05, 0) is 54.4 Å². The zero-order valence-corrected chi connectivity index (χ0v) is 19.3. The number of hydrogen-bond acceptors (Lipinski definition) is 4. The summed E-state index contributed by atoms with van der Waals surface area (Å²) in [4.78, 5) is 36.6. The molecule has 1 saturated carbocycles. The molecule has 3 aromatic rings. The lowest BCUT2D eigenvalue weighted by Gasteiger charge is -2.19. The van der Waals surface area contributed by atoms with Crippen molar-refractivity contribution in [3.63, 3.8) is 0 Å². The maximum absolute atomic E-state index is 12.8. The molecule has 1 aliphatic carbocycles. The molecule has 0 spiro atoms. The number of rotatable bonds is 3. The summed E-state index contributed by atoms with van der Waals surface area (Å²) in [5, 5.41) is 0. The summed E-state index contributed by atoms with van der Waals surface area (Å²) >= 11 is 0. The maximum atomic E-state index is 12.8. The van der Waals surface area contributed by atoms with E-state index in [-0.39, 0.29) is 17.0 Å². The first-order valence-corrected chi connectivity index (χ1v) is 11.5. The van der Waals surface area contributed by atoms with Gasteiger partial charge in [-0.25, -0.2) is 9.78 Å². The summed E-state index contributed by atoms with van der Waals surface area (Å²) < 4.78 is 3.52. The van der Waals surface area contributed by atoms with Crippen LogP contribution in [0.15, 0.2) is 41.5 Å². The average molecular weight is 434 g/mol. The molecule has 7 heteroatoms. The van der Waals surface area contributed by atoms with E-state index >= 15 is 0 Å². The second-order valence-electron chi connectivity index (χ2n) is 10.7. The normalized spacial score (nSPS) is 23.1. The second-order valence-corrected chi connectivity index (χ2v) is 10.7. The number of amides is 1. The van der Waals surface area contributed by atoms with E-state index in [1.54, 1.807) is 17.0 Å². The van der Waals surface area contributed by atoms with Crippen LogP contribution in [-0.2, 0) is 13.6 Å². The standard InChI is InChI=1S/C25H31N5O2/c1-25(2,3)15-30-21-8-7-20(27-22(21)28(4)24(30)32)17-10-18-13-29(14-19(18)11-17)23(31)16-6-5-9-26-12-16/h5-9,12,17-19H,10-11,13-15H2,1-4H3. The first kappa shape index (κ1) is 20.9. The van der Waals surface area contributed by atoms with Crippen LogP contribution in [0.25, 0.3) is 11.2 Å². The van der Waals surface area contributed by atoms with Crippen molar-refractivity contribution in [3.8, 4) is 0 Å². The SMILES string of the molecule is Cn1c(=O)n(CC(C)(C)C)c2ccc(C3CC4CN(C(=O)c5cccnc5)CC4C3)nc21. The van der Waals surface area contributed by atoms with E-state index in [9.17, 15) is 9.59 Å². The molecular weight excluding hydrogens is 402 g/mol. The van der Waals surface area contributed by atoms with E-state index < -0.39 is 0 Å². The number of aromatic nitrogens is 4. The third-order valence-corrected chi connectivity index (χ3v) is 7.00. The molecule has 2 unspecified atom stereocenters. The number of pyridine rings is 2. The molecule has 2 atom stereocenters. The Balaban J connectivity index is 1.33. The summed E-state index contributed by atoms with van der Waals surface area (Å²) in [5.41, 5.74) is 3.41.